The highest BCUT2D eigenvalue weighted by Crippen LogP contribution is 2.69. The Kier molecular flexibility index (Phi) is 2.35. The van der Waals surface area contributed by atoms with Crippen LogP contribution in [0.5, 0.6) is 0 Å². The molecule has 1 spiro atoms. The van der Waals surface area contributed by atoms with Gasteiger partial charge in [-0.3, -0.25) is 0 Å². The Morgan fingerprint density at radius 1 is 1.25 bits per heavy atom. The van der Waals surface area contributed by atoms with E-state index >= 15 is 0 Å². The smallest absolute Gasteiger partial charge is 0.108 e. The number of hydrogen-bond donors (Lipinski definition) is 0. The second kappa shape index (κ2) is 3.51. The third kappa shape index (κ3) is 1.69. The lowest BCUT2D eigenvalue weighted by atomic mass is 9.72. The molecule has 2 fully saturated rings. The van der Waals surface area contributed by atoms with Crippen LogP contribution in [0.25, 0.3) is 0 Å². The van der Waals surface area contributed by atoms with Gasteiger partial charge >= 0.3 is 0 Å². The van der Waals surface area contributed by atoms with E-state index in [2.05, 4.69) is 28.1 Å². The zero-order valence-corrected chi connectivity index (χ0v) is 11.3. The molecule has 0 radical (unpaired) electrons. The minimum absolute atomic E-state index is 0.152. The largest absolute Gasteiger partial charge is 0.197 e. The summed E-state index contributed by atoms with van der Waals surface area (Å²) in [7, 11) is 0. The van der Waals surface area contributed by atoms with Crippen molar-refractivity contribution in [3.8, 4) is 6.07 Å². The molecule has 0 amide bonds. The van der Waals surface area contributed by atoms with Crippen LogP contribution >= 0.6 is 27.7 Å². The van der Waals surface area contributed by atoms with Crippen molar-refractivity contribution in [1.29, 1.82) is 5.26 Å². The average molecular weight is 294 g/mol. The SMILES string of the molecule is N#CC1(Sc2ccccc2Br)CC2(CC2)C1. The van der Waals surface area contributed by atoms with E-state index in [0.717, 1.165) is 17.3 Å². The standard InChI is InChI=1S/C13H12BrNS/c14-10-3-1-2-4-11(10)16-13(9-15)7-12(8-13)5-6-12/h1-4H,5-8H2. The van der Waals surface area contributed by atoms with Gasteiger partial charge in [-0.2, -0.15) is 5.26 Å². The number of halogens is 1. The second-order valence-corrected chi connectivity index (χ2v) is 7.27. The Morgan fingerprint density at radius 2 is 1.94 bits per heavy atom. The minimum atomic E-state index is -0.152. The third-order valence-electron chi connectivity index (χ3n) is 3.62. The van der Waals surface area contributed by atoms with Crippen LogP contribution in [-0.2, 0) is 0 Å². The Morgan fingerprint density at radius 3 is 2.50 bits per heavy atom. The molecular formula is C13H12BrNS. The van der Waals surface area contributed by atoms with Crippen molar-refractivity contribution < 1.29 is 0 Å². The van der Waals surface area contributed by atoms with Crippen molar-refractivity contribution in [3.63, 3.8) is 0 Å². The lowest BCUT2D eigenvalue weighted by Crippen LogP contribution is -2.40. The molecule has 2 aliphatic rings. The number of hydrogen-bond acceptors (Lipinski definition) is 2. The molecule has 0 atom stereocenters. The summed E-state index contributed by atoms with van der Waals surface area (Å²) in [5.41, 5.74) is 0.573. The first-order valence-electron chi connectivity index (χ1n) is 5.52. The van der Waals surface area contributed by atoms with Crippen molar-refractivity contribution >= 4 is 27.7 Å². The fourth-order valence-electron chi connectivity index (χ4n) is 2.60. The molecule has 82 valence electrons. The van der Waals surface area contributed by atoms with Crippen molar-refractivity contribution in [2.24, 2.45) is 5.41 Å². The molecule has 1 nitrogen and oxygen atoms in total. The van der Waals surface area contributed by atoms with Crippen molar-refractivity contribution in [2.45, 2.75) is 35.3 Å². The highest BCUT2D eigenvalue weighted by Gasteiger charge is 2.61. The molecule has 0 heterocycles. The number of thioether (sulfide) groups is 1. The predicted octanol–water partition coefficient (Wildman–Crippen LogP) is 4.38. The van der Waals surface area contributed by atoms with Crippen molar-refractivity contribution in [2.75, 3.05) is 0 Å². The van der Waals surface area contributed by atoms with Gasteiger partial charge in [-0.25, -0.2) is 0 Å². The maximum absolute atomic E-state index is 9.36. The van der Waals surface area contributed by atoms with E-state index < -0.39 is 0 Å². The van der Waals surface area contributed by atoms with Crippen LogP contribution in [-0.4, -0.2) is 4.75 Å². The van der Waals surface area contributed by atoms with Gasteiger partial charge < -0.3 is 0 Å². The van der Waals surface area contributed by atoms with Gasteiger partial charge in [-0.1, -0.05) is 12.1 Å². The quantitative estimate of drug-likeness (QED) is 0.808. The van der Waals surface area contributed by atoms with Crippen LogP contribution in [0.4, 0.5) is 0 Å². The summed E-state index contributed by atoms with van der Waals surface area (Å²) in [6.07, 6.45) is 4.85. The molecule has 0 saturated heterocycles. The summed E-state index contributed by atoms with van der Waals surface area (Å²) in [5.74, 6) is 0. The number of rotatable bonds is 2. The number of nitriles is 1. The lowest BCUT2D eigenvalue weighted by molar-refractivity contribution is 0.251. The lowest BCUT2D eigenvalue weighted by Gasteiger charge is -2.42. The summed E-state index contributed by atoms with van der Waals surface area (Å²) in [4.78, 5) is 1.19. The monoisotopic (exact) mass is 293 g/mol. The maximum Gasteiger partial charge on any atom is 0.108 e. The van der Waals surface area contributed by atoms with Gasteiger partial charge in [0, 0.05) is 9.37 Å². The van der Waals surface area contributed by atoms with Crippen LogP contribution in [0.3, 0.4) is 0 Å². The van der Waals surface area contributed by atoms with Gasteiger partial charge in [0.2, 0.25) is 0 Å². The molecule has 0 aromatic heterocycles. The molecule has 1 aromatic carbocycles. The highest BCUT2D eigenvalue weighted by atomic mass is 79.9. The van der Waals surface area contributed by atoms with Gasteiger partial charge in [0.15, 0.2) is 0 Å². The van der Waals surface area contributed by atoms with E-state index in [1.54, 1.807) is 11.8 Å². The molecule has 2 saturated carbocycles. The van der Waals surface area contributed by atoms with E-state index in [-0.39, 0.29) is 4.75 Å². The van der Waals surface area contributed by atoms with Crippen molar-refractivity contribution in [1.82, 2.24) is 0 Å². The zero-order chi connectivity index (χ0) is 11.2. The third-order valence-corrected chi connectivity index (χ3v) is 5.92. The molecule has 16 heavy (non-hydrogen) atoms. The van der Waals surface area contributed by atoms with Gasteiger partial charge in [-0.15, -0.1) is 11.8 Å². The van der Waals surface area contributed by atoms with E-state index in [1.165, 1.54) is 17.7 Å². The Balaban J connectivity index is 1.79. The first-order chi connectivity index (χ1) is 7.67. The van der Waals surface area contributed by atoms with Crippen LogP contribution < -0.4 is 0 Å². The van der Waals surface area contributed by atoms with E-state index in [9.17, 15) is 5.26 Å². The molecule has 3 rings (SSSR count). The number of benzene rings is 1. The molecular weight excluding hydrogens is 282 g/mol. The first kappa shape index (κ1) is 10.7. The molecule has 3 heteroatoms. The topological polar surface area (TPSA) is 23.8 Å². The van der Waals surface area contributed by atoms with Crippen molar-refractivity contribution in [3.05, 3.63) is 28.7 Å². The average Bonchev–Trinajstić information content (AvgIpc) is 3.00. The number of nitrogens with zero attached hydrogens (tertiary/aromatic N) is 1. The van der Waals surface area contributed by atoms with Gasteiger partial charge in [0.05, 0.1) is 6.07 Å². The van der Waals surface area contributed by atoms with E-state index in [4.69, 9.17) is 0 Å². The maximum atomic E-state index is 9.36. The Bertz CT molecular complexity index is 465. The zero-order valence-electron chi connectivity index (χ0n) is 8.87. The van der Waals surface area contributed by atoms with Crippen LogP contribution in [0, 0.1) is 16.7 Å². The fraction of sp³-hybridized carbons (Fsp3) is 0.462. The minimum Gasteiger partial charge on any atom is -0.197 e. The fourth-order valence-corrected chi connectivity index (χ4v) is 4.67. The molecule has 0 N–H and O–H groups in total. The summed E-state index contributed by atoms with van der Waals surface area (Å²) in [6, 6.07) is 10.7. The molecule has 1 aromatic rings. The van der Waals surface area contributed by atoms with Gasteiger partial charge in [-0.05, 0) is 59.2 Å². The first-order valence-corrected chi connectivity index (χ1v) is 7.13. The van der Waals surface area contributed by atoms with Crippen LogP contribution in [0.2, 0.25) is 0 Å². The second-order valence-electron chi connectivity index (χ2n) is 4.99. The predicted molar refractivity (Wildman–Crippen MR) is 69.2 cm³/mol. The van der Waals surface area contributed by atoms with Gasteiger partial charge in [0.1, 0.15) is 4.75 Å². The summed E-state index contributed by atoms with van der Waals surface area (Å²) < 4.78 is 0.951. The van der Waals surface area contributed by atoms with Gasteiger partial charge in [0.25, 0.3) is 0 Å². The molecule has 0 bridgehead atoms. The molecule has 0 unspecified atom stereocenters. The summed E-state index contributed by atoms with van der Waals surface area (Å²) in [5, 5.41) is 9.36. The van der Waals surface area contributed by atoms with Crippen LogP contribution in [0.15, 0.2) is 33.6 Å². The van der Waals surface area contributed by atoms with E-state index in [0.29, 0.717) is 5.41 Å². The Labute approximate surface area is 108 Å². The summed E-state index contributed by atoms with van der Waals surface area (Å²) >= 11 is 5.28. The highest BCUT2D eigenvalue weighted by molar-refractivity contribution is 9.10. The Hall–Kier alpha value is -0.460. The summed E-state index contributed by atoms with van der Waals surface area (Å²) in [6.45, 7) is 0. The molecule has 2 aliphatic carbocycles. The van der Waals surface area contributed by atoms with E-state index in [1.807, 2.05) is 18.2 Å². The van der Waals surface area contributed by atoms with Crippen LogP contribution in [0.1, 0.15) is 25.7 Å². The molecule has 0 aliphatic heterocycles. The normalized spacial score (nSPS) is 23.5.